The Kier molecular flexibility index (Phi) is 5.56. The first-order valence-electron chi connectivity index (χ1n) is 8.52. The van der Waals surface area contributed by atoms with Crippen molar-refractivity contribution in [2.45, 2.75) is 13.0 Å². The summed E-state index contributed by atoms with van der Waals surface area (Å²) >= 11 is 0. The largest absolute Gasteiger partial charge is 0.507 e. The van der Waals surface area contributed by atoms with Crippen molar-refractivity contribution in [3.63, 3.8) is 0 Å². The first-order valence-corrected chi connectivity index (χ1v) is 8.52. The second-order valence-electron chi connectivity index (χ2n) is 6.09. The van der Waals surface area contributed by atoms with Gasteiger partial charge in [0.05, 0.1) is 13.3 Å². The number of anilines is 1. The lowest BCUT2D eigenvalue weighted by molar-refractivity contribution is -0.121. The molecule has 0 aliphatic carbocycles. The van der Waals surface area contributed by atoms with E-state index in [1.807, 2.05) is 42.5 Å². The third-order valence-electron chi connectivity index (χ3n) is 4.14. The maximum atomic E-state index is 12.2. The second kappa shape index (κ2) is 8.23. The summed E-state index contributed by atoms with van der Waals surface area (Å²) in [5, 5.41) is 19.1. The number of rotatable bonds is 6. The summed E-state index contributed by atoms with van der Waals surface area (Å²) in [6.45, 7) is 1.75. The van der Waals surface area contributed by atoms with Crippen molar-refractivity contribution in [1.29, 1.82) is 0 Å². The Morgan fingerprint density at radius 3 is 2.67 bits per heavy atom. The van der Waals surface area contributed by atoms with Gasteiger partial charge in [-0.1, -0.05) is 30.3 Å². The Morgan fingerprint density at radius 2 is 1.89 bits per heavy atom. The Labute approximate surface area is 157 Å². The molecule has 3 aromatic carbocycles. The molecule has 1 amide bonds. The number of phenolic OH excluding ortho intramolecular Hbond substituents is 1. The van der Waals surface area contributed by atoms with Gasteiger partial charge in [0, 0.05) is 11.3 Å². The predicted octanol–water partition coefficient (Wildman–Crippen LogP) is 3.50. The van der Waals surface area contributed by atoms with Gasteiger partial charge >= 0.3 is 0 Å². The molecular weight excluding hydrogens is 342 g/mol. The summed E-state index contributed by atoms with van der Waals surface area (Å²) in [5.41, 5.74) is 3.77. The normalized spacial score (nSPS) is 12.1. The Balaban J connectivity index is 1.61. The van der Waals surface area contributed by atoms with E-state index in [0.29, 0.717) is 11.3 Å². The average molecular weight is 363 g/mol. The number of nitrogens with zero attached hydrogens (tertiary/aromatic N) is 1. The van der Waals surface area contributed by atoms with Crippen molar-refractivity contribution in [1.82, 2.24) is 5.43 Å². The SMILES string of the molecule is COc1ccc(O)c(/C=N/NC(=O)C(C)Nc2ccc3ccccc3c2)c1. The first kappa shape index (κ1) is 18.3. The number of hydrogen-bond acceptors (Lipinski definition) is 5. The molecule has 0 bridgehead atoms. The number of nitrogens with one attached hydrogen (secondary N) is 2. The molecule has 0 radical (unpaired) electrons. The van der Waals surface area contributed by atoms with Gasteiger partial charge in [0.1, 0.15) is 17.5 Å². The molecule has 3 N–H and O–H groups in total. The zero-order valence-corrected chi connectivity index (χ0v) is 15.1. The highest BCUT2D eigenvalue weighted by Crippen LogP contribution is 2.21. The molecule has 0 aliphatic heterocycles. The summed E-state index contributed by atoms with van der Waals surface area (Å²) < 4.78 is 5.10. The van der Waals surface area contributed by atoms with Gasteiger partial charge in [0.2, 0.25) is 0 Å². The lowest BCUT2D eigenvalue weighted by Crippen LogP contribution is -2.34. The third kappa shape index (κ3) is 4.55. The summed E-state index contributed by atoms with van der Waals surface area (Å²) in [6.07, 6.45) is 1.37. The van der Waals surface area contributed by atoms with E-state index in [2.05, 4.69) is 15.8 Å². The molecule has 6 heteroatoms. The molecule has 1 unspecified atom stereocenters. The number of ether oxygens (including phenoxy) is 1. The zero-order valence-electron chi connectivity index (χ0n) is 15.1. The van der Waals surface area contributed by atoms with Crippen molar-refractivity contribution in [3.05, 3.63) is 66.2 Å². The van der Waals surface area contributed by atoms with Gasteiger partial charge in [0.25, 0.3) is 5.91 Å². The van der Waals surface area contributed by atoms with Gasteiger partial charge in [-0.05, 0) is 48.0 Å². The van der Waals surface area contributed by atoms with Crippen LogP contribution in [0.4, 0.5) is 5.69 Å². The van der Waals surface area contributed by atoms with Crippen LogP contribution in [0, 0.1) is 0 Å². The number of fused-ring (bicyclic) bond motifs is 1. The molecule has 0 saturated heterocycles. The van der Waals surface area contributed by atoms with Gasteiger partial charge in [-0.3, -0.25) is 4.79 Å². The van der Waals surface area contributed by atoms with Crippen LogP contribution in [0.1, 0.15) is 12.5 Å². The Hall–Kier alpha value is -3.54. The van der Waals surface area contributed by atoms with Crippen LogP contribution in [0.5, 0.6) is 11.5 Å². The smallest absolute Gasteiger partial charge is 0.262 e. The van der Waals surface area contributed by atoms with Crippen molar-refractivity contribution in [2.24, 2.45) is 5.10 Å². The topological polar surface area (TPSA) is 83.0 Å². The van der Waals surface area contributed by atoms with E-state index in [9.17, 15) is 9.90 Å². The molecule has 1 atom stereocenters. The molecule has 3 aromatic rings. The summed E-state index contributed by atoms with van der Waals surface area (Å²) in [5.74, 6) is 0.352. The van der Waals surface area contributed by atoms with Gasteiger partial charge in [-0.2, -0.15) is 5.10 Å². The van der Waals surface area contributed by atoms with E-state index >= 15 is 0 Å². The van der Waals surface area contributed by atoms with Gasteiger partial charge < -0.3 is 15.2 Å². The number of carbonyl (C=O) groups is 1. The Bertz CT molecular complexity index is 985. The number of hydrazone groups is 1. The molecule has 0 fully saturated rings. The maximum absolute atomic E-state index is 12.2. The van der Waals surface area contributed by atoms with Crippen LogP contribution in [-0.4, -0.2) is 30.4 Å². The van der Waals surface area contributed by atoms with Crippen LogP contribution < -0.4 is 15.5 Å². The summed E-state index contributed by atoms with van der Waals surface area (Å²) in [6, 6.07) is 18.3. The van der Waals surface area contributed by atoms with Crippen molar-refractivity contribution in [2.75, 3.05) is 12.4 Å². The number of carbonyl (C=O) groups excluding carboxylic acids is 1. The van der Waals surface area contributed by atoms with Crippen LogP contribution in [0.25, 0.3) is 10.8 Å². The molecule has 0 saturated carbocycles. The maximum Gasteiger partial charge on any atom is 0.262 e. The van der Waals surface area contributed by atoms with Crippen molar-refractivity contribution < 1.29 is 14.6 Å². The molecule has 0 aliphatic rings. The molecule has 6 nitrogen and oxygen atoms in total. The van der Waals surface area contributed by atoms with E-state index in [0.717, 1.165) is 16.5 Å². The van der Waals surface area contributed by atoms with Gasteiger partial charge in [-0.15, -0.1) is 0 Å². The summed E-state index contributed by atoms with van der Waals surface area (Å²) in [4.78, 5) is 12.2. The van der Waals surface area contributed by atoms with Gasteiger partial charge in [0.15, 0.2) is 0 Å². The van der Waals surface area contributed by atoms with E-state index in [1.165, 1.54) is 19.4 Å². The van der Waals surface area contributed by atoms with Crippen molar-refractivity contribution >= 4 is 28.6 Å². The molecular formula is C21H21N3O3. The van der Waals surface area contributed by atoms with Crippen LogP contribution in [0.2, 0.25) is 0 Å². The fourth-order valence-electron chi connectivity index (χ4n) is 2.62. The molecule has 0 heterocycles. The summed E-state index contributed by atoms with van der Waals surface area (Å²) in [7, 11) is 1.54. The fraction of sp³-hybridized carbons (Fsp3) is 0.143. The zero-order chi connectivity index (χ0) is 19.2. The highest BCUT2D eigenvalue weighted by atomic mass is 16.5. The standard InChI is InChI=1S/C21H21N3O3/c1-14(23-18-8-7-15-5-3-4-6-16(15)11-18)21(26)24-22-13-17-12-19(27-2)9-10-20(17)25/h3-14,23,25H,1-2H3,(H,24,26)/b22-13+. The van der Waals surface area contributed by atoms with E-state index in [4.69, 9.17) is 4.74 Å². The van der Waals surface area contributed by atoms with Crippen LogP contribution in [0.3, 0.4) is 0 Å². The minimum Gasteiger partial charge on any atom is -0.507 e. The quantitative estimate of drug-likeness (QED) is 0.462. The van der Waals surface area contributed by atoms with Crippen LogP contribution in [-0.2, 0) is 4.79 Å². The van der Waals surface area contributed by atoms with E-state index in [-0.39, 0.29) is 11.7 Å². The van der Waals surface area contributed by atoms with E-state index in [1.54, 1.807) is 19.1 Å². The minimum absolute atomic E-state index is 0.0520. The highest BCUT2D eigenvalue weighted by molar-refractivity contribution is 5.89. The number of methoxy groups -OCH3 is 1. The Morgan fingerprint density at radius 1 is 1.11 bits per heavy atom. The third-order valence-corrected chi connectivity index (χ3v) is 4.14. The molecule has 0 aromatic heterocycles. The monoisotopic (exact) mass is 363 g/mol. The number of amides is 1. The van der Waals surface area contributed by atoms with E-state index < -0.39 is 6.04 Å². The predicted molar refractivity (Wildman–Crippen MR) is 107 cm³/mol. The number of hydrogen-bond donors (Lipinski definition) is 3. The first-order chi connectivity index (χ1) is 13.1. The highest BCUT2D eigenvalue weighted by Gasteiger charge is 2.12. The van der Waals surface area contributed by atoms with Crippen LogP contribution in [0.15, 0.2) is 65.8 Å². The lowest BCUT2D eigenvalue weighted by Gasteiger charge is -2.14. The van der Waals surface area contributed by atoms with Crippen molar-refractivity contribution in [3.8, 4) is 11.5 Å². The molecule has 3 rings (SSSR count). The molecule has 0 spiro atoms. The number of aromatic hydroxyl groups is 1. The van der Waals surface area contributed by atoms with Crippen LogP contribution >= 0.6 is 0 Å². The second-order valence-corrected chi connectivity index (χ2v) is 6.09. The number of benzene rings is 3. The molecule has 138 valence electrons. The lowest BCUT2D eigenvalue weighted by atomic mass is 10.1. The number of phenols is 1. The molecule has 27 heavy (non-hydrogen) atoms. The fourth-order valence-corrected chi connectivity index (χ4v) is 2.62. The minimum atomic E-state index is -0.484. The average Bonchev–Trinajstić information content (AvgIpc) is 2.69. The van der Waals surface area contributed by atoms with Gasteiger partial charge in [-0.25, -0.2) is 5.43 Å².